The van der Waals surface area contributed by atoms with Gasteiger partial charge in [0.15, 0.2) is 0 Å². The van der Waals surface area contributed by atoms with Crippen molar-refractivity contribution >= 4 is 6.29 Å². The Labute approximate surface area is 87.2 Å². The van der Waals surface area contributed by atoms with Gasteiger partial charge < -0.3 is 0 Å². The number of allylic oxidation sites excluding steroid dienone is 6. The van der Waals surface area contributed by atoms with Crippen LogP contribution >= 0.6 is 0 Å². The normalized spacial score (nSPS) is 12.1. The van der Waals surface area contributed by atoms with Crippen LogP contribution in [0.4, 0.5) is 0 Å². The lowest BCUT2D eigenvalue weighted by atomic mass is 10.2. The van der Waals surface area contributed by atoms with Crippen LogP contribution in [0.1, 0.15) is 39.0 Å². The van der Waals surface area contributed by atoms with E-state index in [-0.39, 0.29) is 0 Å². The number of carbonyl (C=O) groups is 1. The molecular weight excluding hydrogens is 172 g/mol. The molecule has 78 valence electrons. The van der Waals surface area contributed by atoms with E-state index in [9.17, 15) is 4.79 Å². The van der Waals surface area contributed by atoms with E-state index in [0.29, 0.717) is 0 Å². The van der Waals surface area contributed by atoms with Crippen molar-refractivity contribution < 1.29 is 4.79 Å². The van der Waals surface area contributed by atoms with E-state index in [1.165, 1.54) is 31.8 Å². The zero-order valence-electron chi connectivity index (χ0n) is 8.99. The fourth-order valence-electron chi connectivity index (χ4n) is 1.07. The zero-order valence-corrected chi connectivity index (χ0v) is 8.99. The fourth-order valence-corrected chi connectivity index (χ4v) is 1.07. The van der Waals surface area contributed by atoms with Crippen molar-refractivity contribution in [1.82, 2.24) is 0 Å². The summed E-state index contributed by atoms with van der Waals surface area (Å²) in [6, 6.07) is 0. The van der Waals surface area contributed by atoms with Crippen molar-refractivity contribution in [2.75, 3.05) is 0 Å². The first kappa shape index (κ1) is 12.9. The van der Waals surface area contributed by atoms with Gasteiger partial charge in [-0.1, -0.05) is 50.1 Å². The number of hydrogen-bond acceptors (Lipinski definition) is 1. The SMILES string of the molecule is CCCCC/C=C\C/C=C/C=C/C=O. The third kappa shape index (κ3) is 10.9. The third-order valence-electron chi connectivity index (χ3n) is 1.85. The van der Waals surface area contributed by atoms with Crippen LogP contribution < -0.4 is 0 Å². The maximum Gasteiger partial charge on any atom is 0.142 e. The molecule has 14 heavy (non-hydrogen) atoms. The zero-order chi connectivity index (χ0) is 10.5. The van der Waals surface area contributed by atoms with Gasteiger partial charge in [-0.3, -0.25) is 4.79 Å². The monoisotopic (exact) mass is 192 g/mol. The van der Waals surface area contributed by atoms with Crippen molar-refractivity contribution in [2.45, 2.75) is 39.0 Å². The summed E-state index contributed by atoms with van der Waals surface area (Å²) in [7, 11) is 0. The second-order valence-corrected chi connectivity index (χ2v) is 3.15. The van der Waals surface area contributed by atoms with Gasteiger partial charge in [-0.2, -0.15) is 0 Å². The van der Waals surface area contributed by atoms with Gasteiger partial charge in [0, 0.05) is 0 Å². The lowest BCUT2D eigenvalue weighted by Gasteiger charge is -1.90. The molecule has 0 aromatic heterocycles. The summed E-state index contributed by atoms with van der Waals surface area (Å²) in [5, 5.41) is 0. The van der Waals surface area contributed by atoms with Crippen LogP contribution in [0.25, 0.3) is 0 Å². The molecule has 1 heteroatoms. The molecule has 0 aliphatic carbocycles. The minimum atomic E-state index is 0.783. The van der Waals surface area contributed by atoms with E-state index in [0.717, 1.165) is 12.7 Å². The summed E-state index contributed by atoms with van der Waals surface area (Å²) >= 11 is 0. The van der Waals surface area contributed by atoms with Crippen LogP contribution in [-0.4, -0.2) is 6.29 Å². The van der Waals surface area contributed by atoms with Crippen molar-refractivity contribution in [3.8, 4) is 0 Å². The standard InChI is InChI=1S/C13H20O/c1-2-3-4-5-6-7-8-9-10-11-12-13-14/h6-7,9-13H,2-5,8H2,1H3/b7-6-,10-9+,12-11+. The number of carbonyl (C=O) groups excluding carboxylic acids is 1. The van der Waals surface area contributed by atoms with E-state index in [1.807, 2.05) is 12.2 Å². The number of unbranched alkanes of at least 4 members (excludes halogenated alkanes) is 3. The third-order valence-corrected chi connectivity index (χ3v) is 1.85. The molecule has 0 spiro atoms. The smallest absolute Gasteiger partial charge is 0.142 e. The molecule has 0 rings (SSSR count). The van der Waals surface area contributed by atoms with E-state index < -0.39 is 0 Å². The lowest BCUT2D eigenvalue weighted by Crippen LogP contribution is -1.70. The first-order valence-corrected chi connectivity index (χ1v) is 5.33. The lowest BCUT2D eigenvalue weighted by molar-refractivity contribution is -0.104. The quantitative estimate of drug-likeness (QED) is 0.188. The number of hydrogen-bond donors (Lipinski definition) is 0. The van der Waals surface area contributed by atoms with Crippen LogP contribution in [0.15, 0.2) is 36.5 Å². The summed E-state index contributed by atoms with van der Waals surface area (Å²) in [5.74, 6) is 0. The Morgan fingerprint density at radius 3 is 2.50 bits per heavy atom. The largest absolute Gasteiger partial charge is 0.299 e. The fraction of sp³-hybridized carbons (Fsp3) is 0.462. The van der Waals surface area contributed by atoms with Gasteiger partial charge in [0.2, 0.25) is 0 Å². The number of rotatable bonds is 8. The molecule has 0 radical (unpaired) electrons. The van der Waals surface area contributed by atoms with Gasteiger partial charge in [0.05, 0.1) is 0 Å². The van der Waals surface area contributed by atoms with Crippen molar-refractivity contribution in [2.24, 2.45) is 0 Å². The molecular formula is C13H20O. The van der Waals surface area contributed by atoms with Crippen molar-refractivity contribution in [3.63, 3.8) is 0 Å². The van der Waals surface area contributed by atoms with E-state index in [4.69, 9.17) is 0 Å². The van der Waals surface area contributed by atoms with Crippen LogP contribution in [0.5, 0.6) is 0 Å². The van der Waals surface area contributed by atoms with Crippen molar-refractivity contribution in [1.29, 1.82) is 0 Å². The van der Waals surface area contributed by atoms with Crippen LogP contribution in [0, 0.1) is 0 Å². The molecule has 0 aromatic carbocycles. The predicted octanol–water partition coefficient (Wildman–Crippen LogP) is 3.82. The van der Waals surface area contributed by atoms with Gasteiger partial charge in [-0.05, 0) is 25.3 Å². The summed E-state index contributed by atoms with van der Waals surface area (Å²) < 4.78 is 0. The van der Waals surface area contributed by atoms with Crippen LogP contribution in [-0.2, 0) is 4.79 Å². The topological polar surface area (TPSA) is 17.1 Å². The van der Waals surface area contributed by atoms with Gasteiger partial charge in [-0.15, -0.1) is 0 Å². The highest BCUT2D eigenvalue weighted by Crippen LogP contribution is 2.00. The van der Waals surface area contributed by atoms with Crippen molar-refractivity contribution in [3.05, 3.63) is 36.5 Å². The molecule has 0 fully saturated rings. The summed E-state index contributed by atoms with van der Waals surface area (Å²) in [5.41, 5.74) is 0. The van der Waals surface area contributed by atoms with E-state index >= 15 is 0 Å². The highest BCUT2D eigenvalue weighted by molar-refractivity contribution is 5.65. The first-order valence-electron chi connectivity index (χ1n) is 5.33. The first-order chi connectivity index (χ1) is 6.91. The summed E-state index contributed by atoms with van der Waals surface area (Å²) in [6.07, 6.45) is 18.4. The van der Waals surface area contributed by atoms with Crippen LogP contribution in [0.2, 0.25) is 0 Å². The predicted molar refractivity (Wildman–Crippen MR) is 62.2 cm³/mol. The van der Waals surface area contributed by atoms with E-state index in [1.54, 1.807) is 6.08 Å². The van der Waals surface area contributed by atoms with Gasteiger partial charge in [0.25, 0.3) is 0 Å². The van der Waals surface area contributed by atoms with Crippen LogP contribution in [0.3, 0.4) is 0 Å². The molecule has 0 saturated carbocycles. The van der Waals surface area contributed by atoms with Gasteiger partial charge in [0.1, 0.15) is 6.29 Å². The Kier molecular flexibility index (Phi) is 10.9. The Balaban J connectivity index is 3.29. The molecule has 1 nitrogen and oxygen atoms in total. The Hall–Kier alpha value is -1.11. The maximum atomic E-state index is 9.91. The average Bonchev–Trinajstić information content (AvgIpc) is 2.21. The molecule has 0 amide bonds. The Bertz CT molecular complexity index is 199. The number of aldehydes is 1. The molecule has 0 atom stereocenters. The second kappa shape index (κ2) is 11.9. The van der Waals surface area contributed by atoms with Gasteiger partial charge >= 0.3 is 0 Å². The molecule has 0 bridgehead atoms. The summed E-state index contributed by atoms with van der Waals surface area (Å²) in [6.45, 7) is 2.21. The molecule has 0 aliphatic rings. The average molecular weight is 192 g/mol. The Morgan fingerprint density at radius 1 is 0.929 bits per heavy atom. The minimum Gasteiger partial charge on any atom is -0.299 e. The second-order valence-electron chi connectivity index (χ2n) is 3.15. The molecule has 0 unspecified atom stereocenters. The molecule has 0 heterocycles. The molecule has 0 aliphatic heterocycles. The maximum absolute atomic E-state index is 9.91. The molecule has 0 N–H and O–H groups in total. The van der Waals surface area contributed by atoms with Gasteiger partial charge in [-0.25, -0.2) is 0 Å². The Morgan fingerprint density at radius 2 is 1.79 bits per heavy atom. The highest BCUT2D eigenvalue weighted by atomic mass is 16.1. The van der Waals surface area contributed by atoms with E-state index in [2.05, 4.69) is 19.1 Å². The highest BCUT2D eigenvalue weighted by Gasteiger charge is 1.80. The minimum absolute atomic E-state index is 0.783. The molecule has 0 saturated heterocycles. The summed E-state index contributed by atoms with van der Waals surface area (Å²) in [4.78, 5) is 9.91. The molecule has 0 aromatic rings.